The van der Waals surface area contributed by atoms with Gasteiger partial charge in [0, 0.05) is 40.0 Å². The smallest absolute Gasteiger partial charge is 0.407 e. The summed E-state index contributed by atoms with van der Waals surface area (Å²) in [5.74, 6) is -1.56. The molecule has 0 fully saturated rings. The molecule has 32 heavy (non-hydrogen) atoms. The van der Waals surface area contributed by atoms with Crippen molar-refractivity contribution < 1.29 is 24.2 Å². The number of allylic oxidation sites excluding steroid dienone is 4. The van der Waals surface area contributed by atoms with Crippen molar-refractivity contribution in [3.05, 3.63) is 44.2 Å². The minimum absolute atomic E-state index is 0.0909. The van der Waals surface area contributed by atoms with Crippen LogP contribution >= 0.6 is 23.2 Å². The Morgan fingerprint density at radius 2 is 1.97 bits per heavy atom. The van der Waals surface area contributed by atoms with Crippen LogP contribution in [0, 0.1) is 6.92 Å². The van der Waals surface area contributed by atoms with E-state index in [-0.39, 0.29) is 18.8 Å². The maximum atomic E-state index is 12.8. The molecule has 1 aliphatic heterocycles. The van der Waals surface area contributed by atoms with Crippen LogP contribution in [0.1, 0.15) is 66.5 Å². The van der Waals surface area contributed by atoms with E-state index in [2.05, 4.69) is 10.3 Å². The van der Waals surface area contributed by atoms with Crippen molar-refractivity contribution in [1.29, 1.82) is 0 Å². The summed E-state index contributed by atoms with van der Waals surface area (Å²) in [6, 6.07) is 0. The Labute approximate surface area is 196 Å². The molecule has 0 saturated heterocycles. The lowest BCUT2D eigenvalue weighted by Gasteiger charge is -2.23. The molecule has 0 unspecified atom stereocenters. The van der Waals surface area contributed by atoms with E-state index in [1.807, 2.05) is 0 Å². The first-order chi connectivity index (χ1) is 14.9. The maximum absolute atomic E-state index is 12.8. The first-order valence-electron chi connectivity index (χ1n) is 10.1. The highest BCUT2D eigenvalue weighted by molar-refractivity contribution is 6.37. The Morgan fingerprint density at radius 1 is 1.28 bits per heavy atom. The average Bonchev–Trinajstić information content (AvgIpc) is 2.94. The molecule has 1 aromatic heterocycles. The minimum atomic E-state index is -1.11. The minimum Gasteiger partial charge on any atom is -0.480 e. The number of aryl methyl sites for hydroxylation is 1. The molecule has 0 bridgehead atoms. The number of rotatable bonds is 5. The van der Waals surface area contributed by atoms with Crippen LogP contribution in [0.15, 0.2) is 16.1 Å². The number of carboxylic acid groups (broad SMARTS) is 1. The lowest BCUT2D eigenvalue weighted by atomic mass is 9.88. The van der Waals surface area contributed by atoms with Crippen molar-refractivity contribution in [2.75, 3.05) is 6.54 Å². The normalized spacial score (nSPS) is 16.1. The number of amides is 2. The number of hydrogen-bond donors (Lipinski definition) is 2. The van der Waals surface area contributed by atoms with Gasteiger partial charge in [0.1, 0.15) is 17.8 Å². The van der Waals surface area contributed by atoms with Crippen molar-refractivity contribution in [3.63, 3.8) is 0 Å². The molecule has 1 aromatic rings. The molecule has 2 aliphatic rings. The van der Waals surface area contributed by atoms with Gasteiger partial charge >= 0.3 is 12.1 Å². The van der Waals surface area contributed by atoms with Gasteiger partial charge < -0.3 is 20.1 Å². The summed E-state index contributed by atoms with van der Waals surface area (Å²) >= 11 is 12.7. The highest BCUT2D eigenvalue weighted by Gasteiger charge is 2.35. The van der Waals surface area contributed by atoms with Gasteiger partial charge in [0.05, 0.1) is 0 Å². The second-order valence-electron chi connectivity index (χ2n) is 8.71. The van der Waals surface area contributed by atoms with Gasteiger partial charge in [-0.25, -0.2) is 9.78 Å². The quantitative estimate of drug-likeness (QED) is 0.647. The summed E-state index contributed by atoms with van der Waals surface area (Å²) in [5, 5.41) is 13.0. The van der Waals surface area contributed by atoms with Crippen LogP contribution in [0.5, 0.6) is 0 Å². The molecule has 2 heterocycles. The highest BCUT2D eigenvalue weighted by Crippen LogP contribution is 2.41. The number of ether oxygens (including phenoxy) is 1. The van der Waals surface area contributed by atoms with E-state index in [9.17, 15) is 19.5 Å². The topological polar surface area (TPSA) is 109 Å². The number of alkyl carbamates (subject to hydrolysis) is 1. The molecule has 172 valence electrons. The molecule has 1 aliphatic carbocycles. The molecule has 0 saturated carbocycles. The van der Waals surface area contributed by atoms with Crippen LogP contribution in [0.2, 0.25) is 0 Å². The Bertz CT molecular complexity index is 1060. The summed E-state index contributed by atoms with van der Waals surface area (Å²) in [5.41, 5.74) is 2.87. The van der Waals surface area contributed by atoms with Gasteiger partial charge in [0.15, 0.2) is 0 Å². The standard InChI is InChI=1S/C22H25Cl2N3O5/c1-11-14(8-25-21(31)32-22(2,3)4)18(13-6-5-12(23)7-16(13)24)15-9-27(10-17(28)29)20(30)19(15)26-11/h7H,5-6,8-10H2,1-4H3,(H,25,31)(H,28,29). The van der Waals surface area contributed by atoms with Gasteiger partial charge in [-0.15, -0.1) is 0 Å². The van der Waals surface area contributed by atoms with Crippen LogP contribution in [0.25, 0.3) is 5.57 Å². The van der Waals surface area contributed by atoms with Crippen LogP contribution in [0.3, 0.4) is 0 Å². The number of fused-ring (bicyclic) bond motifs is 1. The monoisotopic (exact) mass is 481 g/mol. The summed E-state index contributed by atoms with van der Waals surface area (Å²) in [4.78, 5) is 42.0. The second-order valence-corrected chi connectivity index (χ2v) is 9.60. The van der Waals surface area contributed by atoms with E-state index in [1.165, 1.54) is 4.90 Å². The molecule has 3 rings (SSSR count). The van der Waals surface area contributed by atoms with E-state index < -0.39 is 30.1 Å². The Balaban J connectivity index is 2.08. The Morgan fingerprint density at radius 3 is 2.56 bits per heavy atom. The third-order valence-corrected chi connectivity index (χ3v) is 5.70. The van der Waals surface area contributed by atoms with Gasteiger partial charge in [-0.3, -0.25) is 9.59 Å². The van der Waals surface area contributed by atoms with Crippen molar-refractivity contribution in [3.8, 4) is 0 Å². The van der Waals surface area contributed by atoms with Crippen LogP contribution in [-0.4, -0.2) is 45.1 Å². The van der Waals surface area contributed by atoms with Gasteiger partial charge in [-0.1, -0.05) is 23.2 Å². The number of halogens is 2. The third-order valence-electron chi connectivity index (χ3n) is 5.07. The van der Waals surface area contributed by atoms with E-state index in [0.29, 0.717) is 45.3 Å². The molecule has 0 atom stereocenters. The van der Waals surface area contributed by atoms with Crippen LogP contribution < -0.4 is 5.32 Å². The summed E-state index contributed by atoms with van der Waals surface area (Å²) in [7, 11) is 0. The molecule has 0 aromatic carbocycles. The Hall–Kier alpha value is -2.58. The first kappa shape index (κ1) is 24.1. The van der Waals surface area contributed by atoms with Crippen molar-refractivity contribution in [1.82, 2.24) is 15.2 Å². The second kappa shape index (κ2) is 9.11. The number of nitrogens with one attached hydrogen (secondary N) is 1. The number of carbonyl (C=O) groups is 3. The number of aromatic nitrogens is 1. The predicted molar refractivity (Wildman–Crippen MR) is 120 cm³/mol. The highest BCUT2D eigenvalue weighted by atomic mass is 35.5. The summed E-state index contributed by atoms with van der Waals surface area (Å²) < 4.78 is 5.33. The molecular formula is C22H25Cl2N3O5. The predicted octanol–water partition coefficient (Wildman–Crippen LogP) is 4.32. The number of nitrogens with zero attached hydrogens (tertiary/aromatic N) is 2. The van der Waals surface area contributed by atoms with Gasteiger partial charge in [0.2, 0.25) is 0 Å². The molecule has 10 heteroatoms. The molecule has 0 spiro atoms. The van der Waals surface area contributed by atoms with Crippen LogP contribution in [0.4, 0.5) is 4.79 Å². The summed E-state index contributed by atoms with van der Waals surface area (Å²) in [6.45, 7) is 6.81. The SMILES string of the molecule is Cc1nc2c(c(C3=C(Cl)C=C(Cl)CC3)c1CNC(=O)OC(C)(C)C)CN(CC(=O)O)C2=O. The lowest BCUT2D eigenvalue weighted by Crippen LogP contribution is -2.32. The third kappa shape index (κ3) is 5.24. The van der Waals surface area contributed by atoms with E-state index >= 15 is 0 Å². The van der Waals surface area contributed by atoms with Crippen LogP contribution in [-0.2, 0) is 22.6 Å². The zero-order chi connectivity index (χ0) is 23.8. The largest absolute Gasteiger partial charge is 0.480 e. The number of pyridine rings is 1. The van der Waals surface area contributed by atoms with Crippen molar-refractivity contribution in [2.24, 2.45) is 0 Å². The van der Waals surface area contributed by atoms with E-state index in [1.54, 1.807) is 33.8 Å². The fourth-order valence-corrected chi connectivity index (χ4v) is 4.36. The van der Waals surface area contributed by atoms with Gasteiger partial charge in [0.25, 0.3) is 5.91 Å². The number of aliphatic carboxylic acids is 1. The molecule has 2 amide bonds. The average molecular weight is 482 g/mol. The zero-order valence-electron chi connectivity index (χ0n) is 18.3. The number of hydrogen-bond acceptors (Lipinski definition) is 5. The molecular weight excluding hydrogens is 457 g/mol. The van der Waals surface area contributed by atoms with Crippen molar-refractivity contribution >= 4 is 46.7 Å². The Kier molecular flexibility index (Phi) is 6.86. The molecule has 0 radical (unpaired) electrons. The molecule has 8 nitrogen and oxygen atoms in total. The zero-order valence-corrected chi connectivity index (χ0v) is 19.9. The van der Waals surface area contributed by atoms with E-state index in [0.717, 1.165) is 5.57 Å². The van der Waals surface area contributed by atoms with Gasteiger partial charge in [-0.05, 0) is 57.7 Å². The summed E-state index contributed by atoms with van der Waals surface area (Å²) in [6.07, 6.45) is 2.20. The lowest BCUT2D eigenvalue weighted by molar-refractivity contribution is -0.137. The number of carboxylic acids is 1. The van der Waals surface area contributed by atoms with Crippen molar-refractivity contribution in [2.45, 2.75) is 59.2 Å². The fourth-order valence-electron chi connectivity index (χ4n) is 3.78. The first-order valence-corrected chi connectivity index (χ1v) is 10.9. The fraction of sp³-hybridized carbons (Fsp3) is 0.455. The maximum Gasteiger partial charge on any atom is 0.407 e. The van der Waals surface area contributed by atoms with E-state index in [4.69, 9.17) is 27.9 Å². The van der Waals surface area contributed by atoms with Gasteiger partial charge in [-0.2, -0.15) is 0 Å². The number of carbonyl (C=O) groups excluding carboxylic acids is 2. The molecule has 2 N–H and O–H groups in total.